The molecule has 1 spiro atoms. The van der Waals surface area contributed by atoms with Crippen LogP contribution in [0.15, 0.2) is 30.3 Å². The summed E-state index contributed by atoms with van der Waals surface area (Å²) in [6.45, 7) is 6.78. The van der Waals surface area contributed by atoms with Crippen molar-refractivity contribution in [2.24, 2.45) is 0 Å². The quantitative estimate of drug-likeness (QED) is 0.350. The topological polar surface area (TPSA) is 80.8 Å². The van der Waals surface area contributed by atoms with Gasteiger partial charge in [0.25, 0.3) is 5.91 Å². The standard InChI is InChI=1S/C28H38BN3O6/c1-7-32-27(34)31(18-20-14-23(37-5)16-24(38-6)25(20)29-2)26(33)28(32)8-10-30(11-9-28)17-19-12-21(35-3)15-22(13-19)36-4/h12-16,29H,7-11,17-18H2,1-6H3. The number of hydrogen-bond donors (Lipinski definition) is 0. The Morgan fingerprint density at radius 2 is 1.45 bits per heavy atom. The molecular weight excluding hydrogens is 485 g/mol. The van der Waals surface area contributed by atoms with Gasteiger partial charge < -0.3 is 23.8 Å². The molecule has 2 saturated heterocycles. The first-order valence-corrected chi connectivity index (χ1v) is 13.2. The van der Waals surface area contributed by atoms with Crippen LogP contribution in [-0.4, -0.2) is 87.5 Å². The Hall–Kier alpha value is -3.40. The average molecular weight is 523 g/mol. The van der Waals surface area contributed by atoms with Crippen LogP contribution in [0.3, 0.4) is 0 Å². The molecule has 2 heterocycles. The molecule has 0 N–H and O–H groups in total. The molecule has 0 unspecified atom stereocenters. The van der Waals surface area contributed by atoms with Crippen molar-refractivity contribution in [2.75, 3.05) is 48.1 Å². The highest BCUT2D eigenvalue weighted by Crippen LogP contribution is 2.38. The molecule has 2 aliphatic heterocycles. The fourth-order valence-electron chi connectivity index (χ4n) is 5.83. The number of rotatable bonds is 10. The first-order chi connectivity index (χ1) is 18.3. The summed E-state index contributed by atoms with van der Waals surface area (Å²) < 4.78 is 21.9. The number of nitrogens with zero attached hydrogens (tertiary/aromatic N) is 3. The van der Waals surface area contributed by atoms with Gasteiger partial charge in [-0.3, -0.25) is 14.6 Å². The molecule has 4 rings (SSSR count). The Morgan fingerprint density at radius 3 is 1.97 bits per heavy atom. The lowest BCUT2D eigenvalue weighted by molar-refractivity contribution is -0.136. The van der Waals surface area contributed by atoms with Crippen molar-refractivity contribution in [3.8, 4) is 23.0 Å². The summed E-state index contributed by atoms with van der Waals surface area (Å²) in [6, 6.07) is 9.37. The van der Waals surface area contributed by atoms with E-state index in [2.05, 4.69) is 4.90 Å². The van der Waals surface area contributed by atoms with Gasteiger partial charge in [0.1, 0.15) is 28.5 Å². The molecule has 0 radical (unpaired) electrons. The first-order valence-electron chi connectivity index (χ1n) is 13.2. The zero-order valence-electron chi connectivity index (χ0n) is 23.3. The summed E-state index contributed by atoms with van der Waals surface area (Å²) in [7, 11) is 7.21. The van der Waals surface area contributed by atoms with Crippen LogP contribution in [0.4, 0.5) is 4.79 Å². The van der Waals surface area contributed by atoms with Gasteiger partial charge in [-0.2, -0.15) is 0 Å². The minimum absolute atomic E-state index is 0.115. The first kappa shape index (κ1) is 27.6. The third kappa shape index (κ3) is 5.01. The molecule has 0 aromatic heterocycles. The Morgan fingerprint density at radius 1 is 0.842 bits per heavy atom. The van der Waals surface area contributed by atoms with Crippen molar-refractivity contribution < 1.29 is 28.5 Å². The van der Waals surface area contributed by atoms with E-state index >= 15 is 0 Å². The summed E-state index contributed by atoms with van der Waals surface area (Å²) >= 11 is 0. The Labute approximate surface area is 225 Å². The highest BCUT2D eigenvalue weighted by Gasteiger charge is 2.57. The summed E-state index contributed by atoms with van der Waals surface area (Å²) in [6.07, 6.45) is 1.18. The number of amides is 3. The van der Waals surface area contributed by atoms with E-state index in [1.54, 1.807) is 33.3 Å². The number of urea groups is 1. The van der Waals surface area contributed by atoms with Crippen molar-refractivity contribution in [3.63, 3.8) is 0 Å². The molecular formula is C28H38BN3O6. The SMILES string of the molecule is CBc1c(CN2C(=O)N(CC)C3(CCN(Cc4cc(OC)cc(OC)c4)CC3)C2=O)cc(OC)cc1OC. The van der Waals surface area contributed by atoms with Crippen LogP contribution in [0.2, 0.25) is 6.82 Å². The van der Waals surface area contributed by atoms with Crippen LogP contribution < -0.4 is 24.4 Å². The average Bonchev–Trinajstić information content (AvgIpc) is 3.13. The van der Waals surface area contributed by atoms with Crippen LogP contribution in [0, 0.1) is 0 Å². The van der Waals surface area contributed by atoms with E-state index in [1.165, 1.54) is 4.90 Å². The molecule has 0 aliphatic carbocycles. The molecule has 2 aliphatic rings. The van der Waals surface area contributed by atoms with Crippen LogP contribution >= 0.6 is 0 Å². The predicted molar refractivity (Wildman–Crippen MR) is 147 cm³/mol. The summed E-state index contributed by atoms with van der Waals surface area (Å²) in [4.78, 5) is 33.0. The zero-order chi connectivity index (χ0) is 27.4. The normalized spacial score (nSPS) is 17.2. The molecule has 0 saturated carbocycles. The number of carbonyl (C=O) groups excluding carboxylic acids is 2. The van der Waals surface area contributed by atoms with Crippen molar-refractivity contribution in [1.29, 1.82) is 0 Å². The maximum Gasteiger partial charge on any atom is 0.327 e. The fraction of sp³-hybridized carbons (Fsp3) is 0.500. The van der Waals surface area contributed by atoms with Crippen LogP contribution in [0.25, 0.3) is 0 Å². The maximum absolute atomic E-state index is 14.0. The molecule has 2 aromatic rings. The third-order valence-corrected chi connectivity index (χ3v) is 7.85. The smallest absolute Gasteiger partial charge is 0.327 e. The minimum Gasteiger partial charge on any atom is -0.497 e. The number of likely N-dealkylation sites (tertiary alicyclic amines) is 1. The van der Waals surface area contributed by atoms with E-state index in [9.17, 15) is 9.59 Å². The monoisotopic (exact) mass is 523 g/mol. The number of hydrogen-bond acceptors (Lipinski definition) is 7. The number of imide groups is 1. The van der Waals surface area contributed by atoms with Crippen molar-refractivity contribution in [3.05, 3.63) is 41.5 Å². The van der Waals surface area contributed by atoms with Crippen molar-refractivity contribution in [2.45, 2.75) is 45.2 Å². The lowest BCUT2D eigenvalue weighted by Gasteiger charge is -2.42. The Kier molecular flexibility index (Phi) is 8.40. The summed E-state index contributed by atoms with van der Waals surface area (Å²) in [5, 5.41) is 0. The number of methoxy groups -OCH3 is 4. The van der Waals surface area contributed by atoms with Gasteiger partial charge in [0, 0.05) is 38.3 Å². The zero-order valence-corrected chi connectivity index (χ0v) is 23.3. The van der Waals surface area contributed by atoms with E-state index in [0.717, 1.165) is 28.1 Å². The fourth-order valence-corrected chi connectivity index (χ4v) is 5.83. The summed E-state index contributed by atoms with van der Waals surface area (Å²) in [5.41, 5.74) is 2.10. The lowest BCUT2D eigenvalue weighted by Crippen LogP contribution is -2.56. The summed E-state index contributed by atoms with van der Waals surface area (Å²) in [5.74, 6) is 2.72. The van der Waals surface area contributed by atoms with Gasteiger partial charge in [-0.25, -0.2) is 4.79 Å². The molecule has 10 heteroatoms. The maximum atomic E-state index is 14.0. The number of piperidine rings is 1. The lowest BCUT2D eigenvalue weighted by atomic mass is 9.70. The van der Waals surface area contributed by atoms with Gasteiger partial charge >= 0.3 is 6.03 Å². The third-order valence-electron chi connectivity index (χ3n) is 7.85. The predicted octanol–water partition coefficient (Wildman–Crippen LogP) is 2.65. The van der Waals surface area contributed by atoms with Gasteiger partial charge in [0.15, 0.2) is 7.28 Å². The highest BCUT2D eigenvalue weighted by molar-refractivity contribution is 6.54. The highest BCUT2D eigenvalue weighted by atomic mass is 16.5. The second-order valence-electron chi connectivity index (χ2n) is 9.77. The van der Waals surface area contributed by atoms with Crippen LogP contribution in [-0.2, 0) is 17.9 Å². The molecule has 2 fully saturated rings. The molecule has 3 amide bonds. The number of benzene rings is 2. The van der Waals surface area contributed by atoms with Gasteiger partial charge in [-0.15, -0.1) is 0 Å². The number of likely N-dealkylation sites (N-methyl/N-ethyl adjacent to an activating group) is 1. The largest absolute Gasteiger partial charge is 0.497 e. The second-order valence-corrected chi connectivity index (χ2v) is 9.77. The van der Waals surface area contributed by atoms with Crippen molar-refractivity contribution in [1.82, 2.24) is 14.7 Å². The minimum atomic E-state index is -0.816. The van der Waals surface area contributed by atoms with E-state index < -0.39 is 5.54 Å². The Balaban J connectivity index is 1.54. The molecule has 2 aromatic carbocycles. The van der Waals surface area contributed by atoms with Gasteiger partial charge in [-0.05, 0) is 54.6 Å². The van der Waals surface area contributed by atoms with Gasteiger partial charge in [0.05, 0.1) is 35.0 Å². The second kappa shape index (κ2) is 11.6. The van der Waals surface area contributed by atoms with Gasteiger partial charge in [-0.1, -0.05) is 6.82 Å². The Bertz CT molecular complexity index is 1160. The van der Waals surface area contributed by atoms with E-state index in [1.807, 2.05) is 44.1 Å². The molecule has 9 nitrogen and oxygen atoms in total. The molecule has 204 valence electrons. The van der Waals surface area contributed by atoms with Crippen molar-refractivity contribution >= 4 is 24.7 Å². The van der Waals surface area contributed by atoms with E-state index in [4.69, 9.17) is 18.9 Å². The van der Waals surface area contributed by atoms with E-state index in [-0.39, 0.29) is 18.5 Å². The van der Waals surface area contributed by atoms with Crippen LogP contribution in [0.1, 0.15) is 30.9 Å². The van der Waals surface area contributed by atoms with Gasteiger partial charge in [0.2, 0.25) is 0 Å². The molecule has 0 bridgehead atoms. The molecule has 0 atom stereocenters. The number of carbonyl (C=O) groups is 2. The van der Waals surface area contributed by atoms with E-state index in [0.29, 0.717) is 57.8 Å². The number of ether oxygens (including phenoxy) is 4. The molecule has 38 heavy (non-hydrogen) atoms. The van der Waals surface area contributed by atoms with Crippen LogP contribution in [0.5, 0.6) is 23.0 Å².